The van der Waals surface area contributed by atoms with E-state index in [9.17, 15) is 4.79 Å². The van der Waals surface area contributed by atoms with Gasteiger partial charge in [-0.1, -0.05) is 32.1 Å². The summed E-state index contributed by atoms with van der Waals surface area (Å²) in [5.74, 6) is 0. The molecule has 0 radical (unpaired) electrons. The van der Waals surface area contributed by atoms with E-state index in [1.54, 1.807) is 0 Å². The Morgan fingerprint density at radius 1 is 1.00 bits per heavy atom. The van der Waals surface area contributed by atoms with Crippen molar-refractivity contribution in [2.24, 2.45) is 0 Å². The topological polar surface area (TPSA) is 41.6 Å². The van der Waals surface area contributed by atoms with E-state index >= 15 is 0 Å². The van der Waals surface area contributed by atoms with E-state index in [4.69, 9.17) is 4.74 Å². The van der Waals surface area contributed by atoms with Crippen molar-refractivity contribution in [3.63, 3.8) is 0 Å². The average Bonchev–Trinajstić information content (AvgIpc) is 2.77. The molecule has 1 saturated carbocycles. The molecule has 3 rings (SSSR count). The first kappa shape index (κ1) is 15.1. The Balaban J connectivity index is 1.52. The van der Waals surface area contributed by atoms with Crippen LogP contribution in [-0.2, 0) is 4.74 Å². The molecule has 2 saturated heterocycles. The van der Waals surface area contributed by atoms with Crippen molar-refractivity contribution in [1.29, 1.82) is 0 Å². The zero-order valence-corrected chi connectivity index (χ0v) is 13.2. The Morgan fingerprint density at radius 2 is 1.67 bits per heavy atom. The molecule has 4 nitrogen and oxygen atoms in total. The summed E-state index contributed by atoms with van der Waals surface area (Å²) in [6, 6.07) is 0.474. The Kier molecular flexibility index (Phi) is 5.04. The van der Waals surface area contributed by atoms with Crippen LogP contribution in [0.4, 0.5) is 4.79 Å². The lowest BCUT2D eigenvalue weighted by atomic mass is 9.78. The van der Waals surface area contributed by atoms with Gasteiger partial charge in [0.1, 0.15) is 0 Å². The van der Waals surface area contributed by atoms with Crippen LogP contribution in [-0.4, -0.2) is 42.3 Å². The van der Waals surface area contributed by atoms with Crippen LogP contribution in [0.25, 0.3) is 0 Å². The van der Waals surface area contributed by atoms with E-state index in [1.807, 2.05) is 4.90 Å². The zero-order valence-electron chi connectivity index (χ0n) is 13.2. The number of rotatable bonds is 1. The average molecular weight is 294 g/mol. The maximum Gasteiger partial charge on any atom is 0.317 e. The third-order valence-corrected chi connectivity index (χ3v) is 5.48. The number of carbonyl (C=O) groups is 1. The minimum absolute atomic E-state index is 0.0766. The molecule has 120 valence electrons. The van der Waals surface area contributed by atoms with Gasteiger partial charge < -0.3 is 15.0 Å². The highest BCUT2D eigenvalue weighted by molar-refractivity contribution is 5.74. The molecule has 21 heavy (non-hydrogen) atoms. The number of nitrogens with zero attached hydrogens (tertiary/aromatic N) is 1. The summed E-state index contributed by atoms with van der Waals surface area (Å²) < 4.78 is 6.12. The third-order valence-electron chi connectivity index (χ3n) is 5.48. The van der Waals surface area contributed by atoms with Gasteiger partial charge in [0.2, 0.25) is 0 Å². The second-order valence-corrected chi connectivity index (χ2v) is 7.13. The molecule has 0 aromatic heterocycles. The predicted molar refractivity (Wildman–Crippen MR) is 83.4 cm³/mol. The fourth-order valence-electron chi connectivity index (χ4n) is 4.24. The van der Waals surface area contributed by atoms with Gasteiger partial charge in [0.05, 0.1) is 5.60 Å². The van der Waals surface area contributed by atoms with Crippen LogP contribution in [0.1, 0.15) is 70.6 Å². The van der Waals surface area contributed by atoms with Crippen LogP contribution in [0, 0.1) is 0 Å². The summed E-state index contributed by atoms with van der Waals surface area (Å²) in [7, 11) is 0. The van der Waals surface area contributed by atoms with Gasteiger partial charge in [-0.25, -0.2) is 4.79 Å². The Morgan fingerprint density at radius 3 is 2.38 bits per heavy atom. The number of urea groups is 1. The summed E-state index contributed by atoms with van der Waals surface area (Å²) in [5, 5.41) is 3.29. The normalized spacial score (nSPS) is 29.9. The Hall–Kier alpha value is -0.770. The maximum absolute atomic E-state index is 12.5. The van der Waals surface area contributed by atoms with E-state index in [-0.39, 0.29) is 11.6 Å². The molecule has 0 aromatic carbocycles. The number of carbonyl (C=O) groups excluding carboxylic acids is 1. The predicted octanol–water partition coefficient (Wildman–Crippen LogP) is 3.45. The van der Waals surface area contributed by atoms with Crippen molar-refractivity contribution in [1.82, 2.24) is 10.2 Å². The smallest absolute Gasteiger partial charge is 0.317 e. The van der Waals surface area contributed by atoms with Gasteiger partial charge in [0, 0.05) is 25.7 Å². The van der Waals surface area contributed by atoms with Gasteiger partial charge in [0.25, 0.3) is 0 Å². The fraction of sp³-hybridized carbons (Fsp3) is 0.941. The molecule has 2 heterocycles. The van der Waals surface area contributed by atoms with Crippen LogP contribution in [0.2, 0.25) is 0 Å². The third kappa shape index (κ3) is 3.91. The van der Waals surface area contributed by atoms with Crippen LogP contribution >= 0.6 is 0 Å². The minimum Gasteiger partial charge on any atom is -0.375 e. The first-order valence-electron chi connectivity index (χ1n) is 8.97. The summed E-state index contributed by atoms with van der Waals surface area (Å²) in [6.07, 6.45) is 13.1. The minimum atomic E-state index is 0.0766. The highest BCUT2D eigenvalue weighted by atomic mass is 16.5. The number of hydrogen-bond acceptors (Lipinski definition) is 2. The van der Waals surface area contributed by atoms with Crippen molar-refractivity contribution in [2.75, 3.05) is 19.7 Å². The molecule has 1 spiro atoms. The Bertz CT molecular complexity index is 339. The lowest BCUT2D eigenvalue weighted by Crippen LogP contribution is -2.52. The van der Waals surface area contributed by atoms with Crippen molar-refractivity contribution < 1.29 is 9.53 Å². The number of hydrogen-bond donors (Lipinski definition) is 1. The lowest BCUT2D eigenvalue weighted by Gasteiger charge is -2.44. The number of ether oxygens (including phenoxy) is 1. The summed E-state index contributed by atoms with van der Waals surface area (Å²) >= 11 is 0. The second kappa shape index (κ2) is 6.99. The van der Waals surface area contributed by atoms with Crippen molar-refractivity contribution >= 4 is 6.03 Å². The molecule has 1 atom stereocenters. The van der Waals surface area contributed by atoms with Crippen LogP contribution in [0.5, 0.6) is 0 Å². The number of amides is 2. The monoisotopic (exact) mass is 294 g/mol. The van der Waals surface area contributed by atoms with E-state index in [0.717, 1.165) is 45.4 Å². The van der Waals surface area contributed by atoms with Gasteiger partial charge in [-0.2, -0.15) is 0 Å². The first-order chi connectivity index (χ1) is 10.3. The van der Waals surface area contributed by atoms with Crippen LogP contribution < -0.4 is 5.32 Å². The molecule has 1 N–H and O–H groups in total. The molecular formula is C17H30N2O2. The van der Waals surface area contributed by atoms with Crippen molar-refractivity contribution in [3.05, 3.63) is 0 Å². The van der Waals surface area contributed by atoms with Crippen molar-refractivity contribution in [3.8, 4) is 0 Å². The largest absolute Gasteiger partial charge is 0.375 e. The molecule has 1 aliphatic carbocycles. The first-order valence-corrected chi connectivity index (χ1v) is 8.97. The van der Waals surface area contributed by atoms with Gasteiger partial charge in [-0.05, 0) is 38.5 Å². The molecule has 2 amide bonds. The summed E-state index contributed by atoms with van der Waals surface area (Å²) in [5.41, 5.74) is 0.0766. The summed E-state index contributed by atoms with van der Waals surface area (Å²) in [4.78, 5) is 14.5. The molecule has 4 heteroatoms. The molecule has 2 aliphatic heterocycles. The van der Waals surface area contributed by atoms with E-state index in [2.05, 4.69) is 5.32 Å². The molecule has 3 aliphatic rings. The molecule has 3 fully saturated rings. The standard InChI is InChI=1S/C17H30N2O2/c20-16(19-11-6-1-2-7-12-19)18-15-8-13-21-17(14-15)9-4-3-5-10-17/h15H,1-14H2,(H,18,20)/t15-/m0/s1. The van der Waals surface area contributed by atoms with Crippen LogP contribution in [0.3, 0.4) is 0 Å². The highest BCUT2D eigenvalue weighted by Gasteiger charge is 2.39. The van der Waals surface area contributed by atoms with Gasteiger partial charge in [-0.3, -0.25) is 0 Å². The fourth-order valence-corrected chi connectivity index (χ4v) is 4.24. The van der Waals surface area contributed by atoms with Gasteiger partial charge in [-0.15, -0.1) is 0 Å². The van der Waals surface area contributed by atoms with E-state index < -0.39 is 0 Å². The zero-order chi connectivity index (χ0) is 14.5. The quantitative estimate of drug-likeness (QED) is 0.804. The van der Waals surface area contributed by atoms with Crippen molar-refractivity contribution in [2.45, 2.75) is 82.3 Å². The lowest BCUT2D eigenvalue weighted by molar-refractivity contribution is -0.108. The summed E-state index contributed by atoms with van der Waals surface area (Å²) in [6.45, 7) is 2.67. The molecule has 0 unspecified atom stereocenters. The SMILES string of the molecule is O=C(N[C@H]1CCOC2(CCCCC2)C1)N1CCCCCC1. The molecule has 0 aromatic rings. The second-order valence-electron chi connectivity index (χ2n) is 7.13. The molecular weight excluding hydrogens is 264 g/mol. The Labute approximate surface area is 128 Å². The van der Waals surface area contributed by atoms with E-state index in [1.165, 1.54) is 44.9 Å². The van der Waals surface area contributed by atoms with Crippen LogP contribution in [0.15, 0.2) is 0 Å². The maximum atomic E-state index is 12.5. The number of nitrogens with one attached hydrogen (secondary N) is 1. The number of likely N-dealkylation sites (tertiary alicyclic amines) is 1. The molecule has 0 bridgehead atoms. The highest BCUT2D eigenvalue weighted by Crippen LogP contribution is 2.38. The van der Waals surface area contributed by atoms with Gasteiger partial charge in [0.15, 0.2) is 0 Å². The van der Waals surface area contributed by atoms with E-state index in [0.29, 0.717) is 6.04 Å². The van der Waals surface area contributed by atoms with Gasteiger partial charge >= 0.3 is 6.03 Å².